The molecule has 1 heterocycles. The van der Waals surface area contributed by atoms with Gasteiger partial charge < -0.3 is 4.90 Å². The first kappa shape index (κ1) is 9.57. The Hall–Kier alpha value is -1.52. The van der Waals surface area contributed by atoms with Gasteiger partial charge in [-0.05, 0) is 13.0 Å². The predicted molar refractivity (Wildman–Crippen MR) is 47.4 cm³/mol. The molecule has 0 saturated carbocycles. The lowest BCUT2D eigenvalue weighted by Gasteiger charge is -2.34. The molecule has 1 atom stereocenters. The van der Waals surface area contributed by atoms with Crippen LogP contribution in [0.5, 0.6) is 0 Å². The van der Waals surface area contributed by atoms with Crippen molar-refractivity contribution in [3.05, 3.63) is 0 Å². The Balaban J connectivity index is 2.62. The van der Waals surface area contributed by atoms with E-state index in [2.05, 4.69) is 12.0 Å². The number of carbonyl (C=O) groups is 1. The third-order valence-corrected chi connectivity index (χ3v) is 2.21. The second kappa shape index (κ2) is 3.93. The van der Waals surface area contributed by atoms with Crippen molar-refractivity contribution in [2.24, 2.45) is 0 Å². The molecule has 1 aliphatic rings. The van der Waals surface area contributed by atoms with Crippen molar-refractivity contribution in [2.45, 2.75) is 6.04 Å². The van der Waals surface area contributed by atoms with Crippen LogP contribution in [-0.4, -0.2) is 48.4 Å². The lowest BCUT2D eigenvalue weighted by atomic mass is 10.2. The van der Waals surface area contributed by atoms with Gasteiger partial charge in [-0.15, -0.1) is 6.42 Å². The van der Waals surface area contributed by atoms with Gasteiger partial charge in [0.2, 0.25) is 0 Å². The number of nitrogens with zero attached hydrogens (tertiary/aromatic N) is 3. The van der Waals surface area contributed by atoms with Gasteiger partial charge >= 0.3 is 0 Å². The molecular formula is C9H11N3O. The van der Waals surface area contributed by atoms with E-state index in [1.165, 1.54) is 4.90 Å². The number of nitriles is 1. The molecule has 0 N–H and O–H groups in total. The lowest BCUT2D eigenvalue weighted by Crippen LogP contribution is -2.52. The molecule has 4 nitrogen and oxygen atoms in total. The highest BCUT2D eigenvalue weighted by Gasteiger charge is 2.25. The molecule has 1 aliphatic heterocycles. The maximum atomic E-state index is 11.1. The Kier molecular flexibility index (Phi) is 2.89. The SMILES string of the molecule is C#CC(=O)N1CCN(C)C(C#N)C1. The van der Waals surface area contributed by atoms with Crippen molar-refractivity contribution in [1.29, 1.82) is 5.26 Å². The molecule has 1 saturated heterocycles. The van der Waals surface area contributed by atoms with Crippen molar-refractivity contribution in [3.8, 4) is 18.4 Å². The normalized spacial score (nSPS) is 23.3. The smallest absolute Gasteiger partial charge is 0.298 e. The van der Waals surface area contributed by atoms with Gasteiger partial charge in [0.1, 0.15) is 6.04 Å². The highest BCUT2D eigenvalue weighted by Crippen LogP contribution is 2.06. The zero-order valence-electron chi connectivity index (χ0n) is 7.53. The zero-order valence-corrected chi connectivity index (χ0v) is 7.53. The highest BCUT2D eigenvalue weighted by atomic mass is 16.2. The maximum Gasteiger partial charge on any atom is 0.298 e. The lowest BCUT2D eigenvalue weighted by molar-refractivity contribution is -0.127. The first-order chi connectivity index (χ1) is 6.19. The second-order valence-corrected chi connectivity index (χ2v) is 3.02. The predicted octanol–water partition coefficient (Wildman–Crippen LogP) is -0.714. The highest BCUT2D eigenvalue weighted by molar-refractivity contribution is 5.93. The monoisotopic (exact) mass is 177 g/mol. The quantitative estimate of drug-likeness (QED) is 0.459. The Bertz CT molecular complexity index is 286. The Morgan fingerprint density at radius 3 is 2.85 bits per heavy atom. The fourth-order valence-electron chi connectivity index (χ4n) is 1.29. The third kappa shape index (κ3) is 1.99. The number of carbonyl (C=O) groups excluding carboxylic acids is 1. The molecule has 0 aliphatic carbocycles. The minimum absolute atomic E-state index is 0.231. The molecule has 4 heteroatoms. The molecule has 0 aromatic heterocycles. The summed E-state index contributed by atoms with van der Waals surface area (Å²) in [5.74, 6) is 1.73. The standard InChI is InChI=1S/C9H11N3O/c1-3-9(13)12-5-4-11(2)8(6-10)7-12/h1,8H,4-5,7H2,2H3. The average Bonchev–Trinajstić information content (AvgIpc) is 2.17. The first-order valence-corrected chi connectivity index (χ1v) is 4.04. The van der Waals surface area contributed by atoms with E-state index in [1.54, 1.807) is 0 Å². The van der Waals surface area contributed by atoms with Gasteiger partial charge in [-0.2, -0.15) is 5.26 Å². The molecular weight excluding hydrogens is 166 g/mol. The average molecular weight is 177 g/mol. The van der Waals surface area contributed by atoms with Gasteiger partial charge in [-0.3, -0.25) is 9.69 Å². The summed E-state index contributed by atoms with van der Waals surface area (Å²) in [4.78, 5) is 14.5. The summed E-state index contributed by atoms with van der Waals surface area (Å²) in [5, 5.41) is 8.75. The van der Waals surface area contributed by atoms with E-state index >= 15 is 0 Å². The molecule has 0 bridgehead atoms. The van der Waals surface area contributed by atoms with Crippen LogP contribution in [0.2, 0.25) is 0 Å². The van der Waals surface area contributed by atoms with Gasteiger partial charge in [0, 0.05) is 13.1 Å². The van der Waals surface area contributed by atoms with Gasteiger partial charge in [0.05, 0.1) is 12.6 Å². The molecule has 0 radical (unpaired) electrons. The zero-order chi connectivity index (χ0) is 9.84. The summed E-state index contributed by atoms with van der Waals surface area (Å²) in [7, 11) is 1.87. The number of hydrogen-bond donors (Lipinski definition) is 0. The van der Waals surface area contributed by atoms with Crippen LogP contribution in [-0.2, 0) is 4.79 Å². The number of amides is 1. The number of likely N-dealkylation sites (N-methyl/N-ethyl adjacent to an activating group) is 1. The van der Waals surface area contributed by atoms with Crippen molar-refractivity contribution in [1.82, 2.24) is 9.80 Å². The maximum absolute atomic E-state index is 11.1. The molecule has 68 valence electrons. The Morgan fingerprint density at radius 2 is 2.31 bits per heavy atom. The summed E-state index contributed by atoms with van der Waals surface area (Å²) in [5.41, 5.74) is 0. The van der Waals surface area contributed by atoms with Crippen molar-refractivity contribution >= 4 is 5.91 Å². The van der Waals surface area contributed by atoms with E-state index in [0.717, 1.165) is 0 Å². The first-order valence-electron chi connectivity index (χ1n) is 4.04. The van der Waals surface area contributed by atoms with Crippen molar-refractivity contribution < 1.29 is 4.79 Å². The van der Waals surface area contributed by atoms with Crippen LogP contribution in [0.3, 0.4) is 0 Å². The molecule has 1 unspecified atom stereocenters. The molecule has 1 amide bonds. The Morgan fingerprint density at radius 1 is 1.62 bits per heavy atom. The molecule has 13 heavy (non-hydrogen) atoms. The van der Waals surface area contributed by atoms with Crippen LogP contribution in [0.15, 0.2) is 0 Å². The molecule has 0 aromatic carbocycles. The van der Waals surface area contributed by atoms with Crippen molar-refractivity contribution in [2.75, 3.05) is 26.7 Å². The number of terminal acetylenes is 1. The van der Waals surface area contributed by atoms with Crippen LogP contribution in [0.1, 0.15) is 0 Å². The van der Waals surface area contributed by atoms with Gasteiger partial charge in [0.15, 0.2) is 0 Å². The van der Waals surface area contributed by atoms with E-state index in [4.69, 9.17) is 11.7 Å². The van der Waals surface area contributed by atoms with E-state index < -0.39 is 0 Å². The van der Waals surface area contributed by atoms with Crippen LogP contribution in [0.4, 0.5) is 0 Å². The minimum Gasteiger partial charge on any atom is -0.328 e. The van der Waals surface area contributed by atoms with Gasteiger partial charge in [-0.25, -0.2) is 0 Å². The van der Waals surface area contributed by atoms with E-state index in [1.807, 2.05) is 11.9 Å². The summed E-state index contributed by atoms with van der Waals surface area (Å²) < 4.78 is 0. The summed E-state index contributed by atoms with van der Waals surface area (Å²) in [6.07, 6.45) is 4.99. The fourth-order valence-corrected chi connectivity index (χ4v) is 1.29. The van der Waals surface area contributed by atoms with Crippen LogP contribution >= 0.6 is 0 Å². The van der Waals surface area contributed by atoms with E-state index in [-0.39, 0.29) is 11.9 Å². The molecule has 1 rings (SSSR count). The third-order valence-electron chi connectivity index (χ3n) is 2.21. The summed E-state index contributed by atoms with van der Waals surface area (Å²) >= 11 is 0. The van der Waals surface area contributed by atoms with E-state index in [0.29, 0.717) is 19.6 Å². The number of hydrogen-bond acceptors (Lipinski definition) is 3. The largest absolute Gasteiger partial charge is 0.328 e. The molecule has 1 fully saturated rings. The van der Waals surface area contributed by atoms with Gasteiger partial charge in [0.25, 0.3) is 5.91 Å². The number of piperazine rings is 1. The van der Waals surface area contributed by atoms with Crippen LogP contribution < -0.4 is 0 Å². The van der Waals surface area contributed by atoms with E-state index in [9.17, 15) is 4.79 Å². The topological polar surface area (TPSA) is 47.3 Å². The number of rotatable bonds is 0. The molecule has 0 spiro atoms. The van der Waals surface area contributed by atoms with Gasteiger partial charge in [-0.1, -0.05) is 0 Å². The molecule has 0 aromatic rings. The van der Waals surface area contributed by atoms with Crippen LogP contribution in [0.25, 0.3) is 0 Å². The Labute approximate surface area is 77.7 Å². The summed E-state index contributed by atoms with van der Waals surface area (Å²) in [6.45, 7) is 1.72. The fraction of sp³-hybridized carbons (Fsp3) is 0.556. The van der Waals surface area contributed by atoms with Crippen LogP contribution in [0, 0.1) is 23.7 Å². The summed E-state index contributed by atoms with van der Waals surface area (Å²) in [6, 6.07) is 1.90. The van der Waals surface area contributed by atoms with Crippen molar-refractivity contribution in [3.63, 3.8) is 0 Å². The minimum atomic E-state index is -0.326. The second-order valence-electron chi connectivity index (χ2n) is 3.02.